The van der Waals surface area contributed by atoms with Crippen LogP contribution in [0.4, 0.5) is 46.0 Å². The Morgan fingerprint density at radius 2 is 0.744 bits per heavy atom. The SMILES string of the molecule is CNC(C)c1cn2c(-c3cnn(C)c3)cnc2c(Nc2ccc(-n3ccnc3)cc2)n1.CNCCc1cn2c(-c3cnn(C)c3)cnc2c(Nc2ccc(-n3ccnc3)cc2)n1.Cn1cc(-c2cnc3c(Nc4ccc(-n5ccnc5)cc4)nc(C#N)cn23)cn1.Cn1cc(-c2cnc3c(Nc4ccc(-n5ccnc5)cc4)nc(C(N)=O)cn23)cn1. The Bertz CT molecular complexity index is 6970. The van der Waals surface area contributed by atoms with Crippen LogP contribution in [0.2, 0.25) is 0 Å². The third kappa shape index (κ3) is 16.7. The first-order chi connectivity index (χ1) is 59.1. The first kappa shape index (κ1) is 76.7. The zero-order valence-corrected chi connectivity index (χ0v) is 66.3. The average molecular weight is 1610 g/mol. The second-order valence-electron chi connectivity index (χ2n) is 27.9. The molecule has 20 aromatic rings. The lowest BCUT2D eigenvalue weighted by molar-refractivity contribution is 0.0995. The number of rotatable bonds is 22. The predicted molar refractivity (Wildman–Crippen MR) is 456 cm³/mol. The predicted octanol–water partition coefficient (Wildman–Crippen LogP) is 11.2. The lowest BCUT2D eigenvalue weighted by atomic mass is 10.2. The summed E-state index contributed by atoms with van der Waals surface area (Å²) in [6, 6.07) is 34.0. The summed E-state index contributed by atoms with van der Waals surface area (Å²) in [6.45, 7) is 2.92. The minimum atomic E-state index is -0.624. The second-order valence-corrected chi connectivity index (χ2v) is 27.9. The van der Waals surface area contributed by atoms with E-state index in [1.807, 2.05) is 243 Å². The van der Waals surface area contributed by atoms with Crippen LogP contribution in [0.15, 0.2) is 271 Å². The van der Waals surface area contributed by atoms with Crippen molar-refractivity contribution >= 4 is 74.5 Å². The Balaban J connectivity index is 0.000000115. The number of carbonyl (C=O) groups excluding carboxylic acids is 1. The average Bonchev–Trinajstić information content (AvgIpc) is 1.65. The molecule has 8 N–H and O–H groups in total. The Morgan fingerprint density at radius 3 is 1.06 bits per heavy atom. The first-order valence-electron chi connectivity index (χ1n) is 38.0. The van der Waals surface area contributed by atoms with E-state index in [1.165, 1.54) is 0 Å². The molecule has 0 bridgehead atoms. The van der Waals surface area contributed by atoms with Crippen LogP contribution in [0.3, 0.4) is 0 Å². The summed E-state index contributed by atoms with van der Waals surface area (Å²) in [7, 11) is 11.4. The van der Waals surface area contributed by atoms with E-state index in [9.17, 15) is 10.1 Å². The topological polar surface area (TPSA) is 402 Å². The molecular formula is C84H78N36O. The van der Waals surface area contributed by atoms with Crippen LogP contribution in [0.1, 0.15) is 40.5 Å². The van der Waals surface area contributed by atoms with Crippen LogP contribution in [0.25, 0.3) is 90.4 Å². The molecule has 1 unspecified atom stereocenters. The summed E-state index contributed by atoms with van der Waals surface area (Å²) < 4.78 is 22.5. The third-order valence-electron chi connectivity index (χ3n) is 19.6. The quantitative estimate of drug-likeness (QED) is 0.0331. The monoisotopic (exact) mass is 1610 g/mol. The Labute approximate surface area is 689 Å². The molecule has 0 radical (unpaired) electrons. The molecule has 0 aliphatic rings. The number of hydrogen-bond acceptors (Lipinski definition) is 24. The van der Waals surface area contributed by atoms with Gasteiger partial charge in [0.05, 0.1) is 109 Å². The van der Waals surface area contributed by atoms with Crippen molar-refractivity contribution in [1.82, 2.24) is 145 Å². The van der Waals surface area contributed by atoms with Gasteiger partial charge in [-0.25, -0.2) is 59.8 Å². The van der Waals surface area contributed by atoms with Gasteiger partial charge in [-0.05, 0) is 118 Å². The molecule has 0 saturated heterocycles. The summed E-state index contributed by atoms with van der Waals surface area (Å²) in [5, 5.41) is 46.3. The van der Waals surface area contributed by atoms with Gasteiger partial charge >= 0.3 is 0 Å². The number of nitriles is 1. The number of anilines is 8. The number of aryl methyl sites for hydroxylation is 4. The van der Waals surface area contributed by atoms with Crippen molar-refractivity contribution in [2.24, 2.45) is 33.9 Å². The maximum atomic E-state index is 11.9. The molecule has 37 nitrogen and oxygen atoms in total. The fraction of sp³-hybridized carbons (Fsp3) is 0.119. The van der Waals surface area contributed by atoms with Crippen LogP contribution in [-0.4, -0.2) is 161 Å². The van der Waals surface area contributed by atoms with E-state index in [-0.39, 0.29) is 17.4 Å². The van der Waals surface area contributed by atoms with Crippen LogP contribution < -0.4 is 37.6 Å². The van der Waals surface area contributed by atoms with E-state index < -0.39 is 5.91 Å². The Kier molecular flexibility index (Phi) is 21.5. The molecule has 0 spiro atoms. The number of hydrogen-bond donors (Lipinski definition) is 7. The standard InChI is InChI=1S/2C22H23N9.C20H17N9O.C20H15N9/c1-15(23-2)19-13-31-20(16-10-26-29(3)12-16)11-25-22(31)21(28-19)27-17-4-6-18(7-5-17)30-9-8-24-14-30;1-23-8-7-18-14-31-20(16-11-26-29(2)13-16)12-25-22(31)21(28-18)27-17-3-5-19(6-4-17)30-10-9-24-15-30;1-27-10-13(8-24-27)17-9-23-20-19(26-16(18(21)30)11-29(17)20)25-14-2-4-15(5-3-14)28-7-6-22-12-28;1-27-11-14(9-24-27)18-10-23-20-19(26-16(8-21)12-29(18)20)25-15-2-4-17(5-3-15)28-7-6-22-13-28/h4-15,23H,1-3H3,(H,27,28);3-6,9-15,23H,7-8H2,1-2H3,(H,27,28);2-12H,1H3,(H2,21,30)(H,25,26);2-7,9-13H,1H3,(H,25,26). The van der Waals surface area contributed by atoms with E-state index in [0.29, 0.717) is 28.7 Å². The van der Waals surface area contributed by atoms with Crippen molar-refractivity contribution in [3.63, 3.8) is 0 Å². The summed E-state index contributed by atoms with van der Waals surface area (Å²) >= 11 is 0. The van der Waals surface area contributed by atoms with Crippen molar-refractivity contribution in [2.75, 3.05) is 41.9 Å². The maximum absolute atomic E-state index is 11.9. The van der Waals surface area contributed by atoms with Gasteiger partial charge in [0, 0.05) is 214 Å². The van der Waals surface area contributed by atoms with Gasteiger partial charge in [0.25, 0.3) is 5.91 Å². The minimum absolute atomic E-state index is 0.0812. The summed E-state index contributed by atoms with van der Waals surface area (Å²) in [5.74, 6) is 1.73. The zero-order valence-electron chi connectivity index (χ0n) is 66.3. The number of likely N-dealkylation sites (N-methyl/N-ethyl adjacent to an activating group) is 1. The fourth-order valence-corrected chi connectivity index (χ4v) is 13.4. The van der Waals surface area contributed by atoms with Crippen molar-refractivity contribution in [1.29, 1.82) is 5.26 Å². The van der Waals surface area contributed by atoms with E-state index >= 15 is 0 Å². The molecule has 0 aliphatic carbocycles. The van der Waals surface area contributed by atoms with Crippen LogP contribution in [0, 0.1) is 11.3 Å². The summed E-state index contributed by atoms with van der Waals surface area (Å²) in [4.78, 5) is 65.0. The van der Waals surface area contributed by atoms with Crippen molar-refractivity contribution in [2.45, 2.75) is 19.4 Å². The van der Waals surface area contributed by atoms with Crippen LogP contribution in [0.5, 0.6) is 0 Å². The summed E-state index contributed by atoms with van der Waals surface area (Å²) in [5.41, 5.74) is 25.4. The molecule has 16 aromatic heterocycles. The van der Waals surface area contributed by atoms with Gasteiger partial charge in [0.1, 0.15) is 11.8 Å². The number of carbonyl (C=O) groups is 1. The van der Waals surface area contributed by atoms with E-state index in [1.54, 1.807) is 110 Å². The first-order valence-corrected chi connectivity index (χ1v) is 38.0. The number of imidazole rings is 8. The van der Waals surface area contributed by atoms with Gasteiger partial charge in [-0.2, -0.15) is 25.7 Å². The van der Waals surface area contributed by atoms with Crippen molar-refractivity contribution in [3.8, 4) is 73.8 Å². The number of nitrogens with zero attached hydrogens (tertiary/aromatic N) is 29. The van der Waals surface area contributed by atoms with Crippen molar-refractivity contribution < 1.29 is 4.79 Å². The lowest BCUT2D eigenvalue weighted by Crippen LogP contribution is -2.15. The lowest BCUT2D eigenvalue weighted by Gasteiger charge is -2.15. The number of primary amides is 1. The normalized spacial score (nSPS) is 11.4. The molecule has 16 heterocycles. The van der Waals surface area contributed by atoms with Crippen LogP contribution in [-0.2, 0) is 34.6 Å². The smallest absolute Gasteiger partial charge is 0.268 e. The maximum Gasteiger partial charge on any atom is 0.268 e. The molecule has 121 heavy (non-hydrogen) atoms. The Hall–Kier alpha value is -16.9. The highest BCUT2D eigenvalue weighted by Gasteiger charge is 2.22. The molecule has 1 atom stereocenters. The highest BCUT2D eigenvalue weighted by Crippen LogP contribution is 2.33. The molecule has 600 valence electrons. The van der Waals surface area contributed by atoms with Gasteiger partial charge < -0.3 is 55.9 Å². The Morgan fingerprint density at radius 1 is 0.413 bits per heavy atom. The highest BCUT2D eigenvalue weighted by molar-refractivity contribution is 5.92. The molecule has 0 saturated carbocycles. The number of amides is 1. The molecule has 1 amide bonds. The molecule has 20 rings (SSSR count). The highest BCUT2D eigenvalue weighted by atomic mass is 16.1. The largest absolute Gasteiger partial charge is 0.364 e. The zero-order chi connectivity index (χ0) is 83.0. The van der Waals surface area contributed by atoms with Gasteiger partial charge in [-0.15, -0.1) is 0 Å². The number of aromatic nitrogens is 28. The third-order valence-corrected chi connectivity index (χ3v) is 19.6. The van der Waals surface area contributed by atoms with Gasteiger partial charge in [-0.1, -0.05) is 0 Å². The number of fused-ring (bicyclic) bond motifs is 4. The van der Waals surface area contributed by atoms with E-state index in [2.05, 4.69) is 130 Å². The van der Waals surface area contributed by atoms with Gasteiger partial charge in [0.2, 0.25) is 0 Å². The van der Waals surface area contributed by atoms with Gasteiger partial charge in [-0.3, -0.25) is 41.1 Å². The number of nitrogens with two attached hydrogens (primary N) is 1. The molecular weight excluding hydrogens is 1530 g/mol. The molecule has 0 aliphatic heterocycles. The molecule has 0 fully saturated rings. The fourth-order valence-electron chi connectivity index (χ4n) is 13.4. The minimum Gasteiger partial charge on any atom is -0.364 e. The van der Waals surface area contributed by atoms with E-state index in [0.717, 1.165) is 132 Å². The second kappa shape index (κ2) is 33.9. The van der Waals surface area contributed by atoms with Gasteiger partial charge in [0.15, 0.2) is 51.6 Å². The molecule has 37 heteroatoms. The number of nitrogens with one attached hydrogen (secondary N) is 6. The molecule has 4 aromatic carbocycles. The van der Waals surface area contributed by atoms with Crippen LogP contribution >= 0.6 is 0 Å². The van der Waals surface area contributed by atoms with E-state index in [4.69, 9.17) is 15.7 Å². The van der Waals surface area contributed by atoms with Crippen molar-refractivity contribution in [3.05, 3.63) is 294 Å². The summed E-state index contributed by atoms with van der Waals surface area (Å²) in [6.07, 6.45) is 51.9. The number of benzene rings is 4.